The number of carboxylic acids is 1. The van der Waals surface area contributed by atoms with Crippen molar-refractivity contribution < 1.29 is 19.1 Å². The molecular formula is C16H15ClN2O4. The minimum atomic E-state index is -0.960. The molecule has 1 aliphatic rings. The van der Waals surface area contributed by atoms with Gasteiger partial charge in [-0.2, -0.15) is 0 Å². The molecule has 6 nitrogen and oxygen atoms in total. The molecule has 0 spiro atoms. The van der Waals surface area contributed by atoms with Gasteiger partial charge in [-0.3, -0.25) is 4.79 Å². The number of halogens is 1. The maximum Gasteiger partial charge on any atom is 0.326 e. The van der Waals surface area contributed by atoms with Crippen LogP contribution < -0.4 is 0 Å². The molecule has 3 rings (SSSR count). The van der Waals surface area contributed by atoms with Crippen molar-refractivity contribution in [3.8, 4) is 11.5 Å². The summed E-state index contributed by atoms with van der Waals surface area (Å²) in [6, 6.07) is 6.29. The minimum absolute atomic E-state index is 0.0286. The number of nitrogens with zero attached hydrogens (tertiary/aromatic N) is 2. The van der Waals surface area contributed by atoms with Crippen molar-refractivity contribution in [2.75, 3.05) is 6.54 Å². The number of carbonyl (C=O) groups excluding carboxylic acids is 1. The Hall–Kier alpha value is -2.34. The molecule has 1 aromatic heterocycles. The Morgan fingerprint density at radius 2 is 2.09 bits per heavy atom. The summed E-state index contributed by atoms with van der Waals surface area (Å²) in [6.45, 7) is 0.470. The van der Waals surface area contributed by atoms with E-state index < -0.39 is 12.0 Å². The van der Waals surface area contributed by atoms with Crippen LogP contribution in [0.1, 0.15) is 18.5 Å². The van der Waals surface area contributed by atoms with Crippen molar-refractivity contribution in [3.05, 3.63) is 41.2 Å². The van der Waals surface area contributed by atoms with Gasteiger partial charge >= 0.3 is 5.97 Å². The average molecular weight is 335 g/mol. The zero-order valence-electron chi connectivity index (χ0n) is 12.2. The van der Waals surface area contributed by atoms with E-state index in [4.69, 9.17) is 21.1 Å². The van der Waals surface area contributed by atoms with Crippen molar-refractivity contribution in [1.29, 1.82) is 0 Å². The van der Waals surface area contributed by atoms with Gasteiger partial charge in [0.2, 0.25) is 11.8 Å². The van der Waals surface area contributed by atoms with E-state index in [1.54, 1.807) is 24.3 Å². The van der Waals surface area contributed by atoms with Gasteiger partial charge in [0.25, 0.3) is 0 Å². The first kappa shape index (κ1) is 15.6. The van der Waals surface area contributed by atoms with Crippen molar-refractivity contribution in [2.24, 2.45) is 0 Å². The number of oxazole rings is 1. The number of rotatable bonds is 4. The Balaban J connectivity index is 1.70. The van der Waals surface area contributed by atoms with Crippen molar-refractivity contribution in [1.82, 2.24) is 9.88 Å². The third kappa shape index (κ3) is 3.37. The maximum atomic E-state index is 12.3. The topological polar surface area (TPSA) is 83.6 Å². The number of amides is 1. The molecule has 1 fully saturated rings. The van der Waals surface area contributed by atoms with Gasteiger partial charge in [0.1, 0.15) is 12.3 Å². The monoisotopic (exact) mass is 334 g/mol. The second-order valence-electron chi connectivity index (χ2n) is 5.41. The fourth-order valence-corrected chi connectivity index (χ4v) is 2.82. The van der Waals surface area contributed by atoms with E-state index in [9.17, 15) is 9.59 Å². The highest BCUT2D eigenvalue weighted by molar-refractivity contribution is 6.30. The third-order valence-electron chi connectivity index (χ3n) is 3.83. The lowest BCUT2D eigenvalue weighted by molar-refractivity contribution is -0.148. The Kier molecular flexibility index (Phi) is 4.34. The molecular weight excluding hydrogens is 320 g/mol. The van der Waals surface area contributed by atoms with Gasteiger partial charge in [-0.15, -0.1) is 0 Å². The predicted octanol–water partition coefficient (Wildman–Crippen LogP) is 2.61. The SMILES string of the molecule is O=C(O)[C@H]1CCCN1C(=O)Cc1coc(-c2ccc(Cl)cc2)n1. The average Bonchev–Trinajstić information content (AvgIpc) is 3.16. The lowest BCUT2D eigenvalue weighted by Gasteiger charge is -2.20. The van der Waals surface area contributed by atoms with Crippen LogP contribution in [0.2, 0.25) is 5.02 Å². The number of likely N-dealkylation sites (tertiary alicyclic amines) is 1. The van der Waals surface area contributed by atoms with E-state index in [0.29, 0.717) is 36.0 Å². The molecule has 0 saturated carbocycles. The van der Waals surface area contributed by atoms with Crippen LogP contribution in [-0.2, 0) is 16.0 Å². The van der Waals surface area contributed by atoms with Gasteiger partial charge in [-0.1, -0.05) is 11.6 Å². The van der Waals surface area contributed by atoms with Crippen molar-refractivity contribution in [3.63, 3.8) is 0 Å². The van der Waals surface area contributed by atoms with Crippen LogP contribution in [0.25, 0.3) is 11.5 Å². The second-order valence-corrected chi connectivity index (χ2v) is 5.85. The molecule has 1 N–H and O–H groups in total. The van der Waals surface area contributed by atoms with E-state index in [0.717, 1.165) is 5.56 Å². The van der Waals surface area contributed by atoms with E-state index in [-0.39, 0.29) is 12.3 Å². The normalized spacial score (nSPS) is 17.4. The van der Waals surface area contributed by atoms with Gasteiger partial charge in [-0.25, -0.2) is 9.78 Å². The Morgan fingerprint density at radius 1 is 1.35 bits per heavy atom. The number of aromatic nitrogens is 1. The molecule has 0 unspecified atom stereocenters. The summed E-state index contributed by atoms with van der Waals surface area (Å²) >= 11 is 5.84. The Labute approximate surface area is 137 Å². The summed E-state index contributed by atoms with van der Waals surface area (Å²) < 4.78 is 5.39. The van der Waals surface area contributed by atoms with Crippen molar-refractivity contribution >= 4 is 23.5 Å². The Morgan fingerprint density at radius 3 is 2.78 bits per heavy atom. The Bertz CT molecular complexity index is 726. The molecule has 0 bridgehead atoms. The molecule has 23 heavy (non-hydrogen) atoms. The zero-order chi connectivity index (χ0) is 16.4. The standard InChI is InChI=1S/C16H15ClN2O4/c17-11-5-3-10(4-6-11)15-18-12(9-23-15)8-14(20)19-7-1-2-13(19)16(21)22/h3-6,9,13H,1-2,7-8H2,(H,21,22)/t13-/m1/s1. The smallest absolute Gasteiger partial charge is 0.326 e. The lowest BCUT2D eigenvalue weighted by Crippen LogP contribution is -2.41. The fourth-order valence-electron chi connectivity index (χ4n) is 2.69. The van der Waals surface area contributed by atoms with Crippen molar-refractivity contribution in [2.45, 2.75) is 25.3 Å². The summed E-state index contributed by atoms with van der Waals surface area (Å²) in [5.41, 5.74) is 1.24. The third-order valence-corrected chi connectivity index (χ3v) is 4.09. The molecule has 1 aliphatic heterocycles. The van der Waals surface area contributed by atoms with Crippen LogP contribution in [0.15, 0.2) is 34.9 Å². The van der Waals surface area contributed by atoms with Crippen LogP contribution in [0.3, 0.4) is 0 Å². The van der Waals surface area contributed by atoms with Gasteiger partial charge in [-0.05, 0) is 37.1 Å². The molecule has 2 heterocycles. The van der Waals surface area contributed by atoms with E-state index >= 15 is 0 Å². The van der Waals surface area contributed by atoms with Gasteiger partial charge in [0.05, 0.1) is 12.1 Å². The highest BCUT2D eigenvalue weighted by atomic mass is 35.5. The van der Waals surface area contributed by atoms with Crippen LogP contribution in [0.4, 0.5) is 0 Å². The number of carboxylic acid groups (broad SMARTS) is 1. The molecule has 1 aromatic carbocycles. The summed E-state index contributed by atoms with van der Waals surface area (Å²) in [7, 11) is 0. The van der Waals surface area contributed by atoms with E-state index in [1.165, 1.54) is 11.2 Å². The van der Waals surface area contributed by atoms with E-state index in [1.807, 2.05) is 0 Å². The predicted molar refractivity (Wildman–Crippen MR) is 83.0 cm³/mol. The second kappa shape index (κ2) is 6.42. The first-order chi connectivity index (χ1) is 11.0. The fraction of sp³-hybridized carbons (Fsp3) is 0.312. The zero-order valence-corrected chi connectivity index (χ0v) is 13.0. The molecule has 7 heteroatoms. The van der Waals surface area contributed by atoms with Gasteiger partial charge < -0.3 is 14.4 Å². The highest BCUT2D eigenvalue weighted by Crippen LogP contribution is 2.22. The largest absolute Gasteiger partial charge is 0.480 e. The molecule has 1 amide bonds. The number of carbonyl (C=O) groups is 2. The maximum absolute atomic E-state index is 12.3. The van der Waals surface area contributed by atoms with Crippen LogP contribution >= 0.6 is 11.6 Å². The first-order valence-electron chi connectivity index (χ1n) is 7.27. The summed E-state index contributed by atoms with van der Waals surface area (Å²) in [5, 5.41) is 9.75. The van der Waals surface area contributed by atoms with Crippen LogP contribution in [-0.4, -0.2) is 39.5 Å². The molecule has 0 radical (unpaired) electrons. The van der Waals surface area contributed by atoms with Crippen LogP contribution in [0.5, 0.6) is 0 Å². The van der Waals surface area contributed by atoms with E-state index in [2.05, 4.69) is 4.98 Å². The number of benzene rings is 1. The van der Waals surface area contributed by atoms with Crippen LogP contribution in [0, 0.1) is 0 Å². The molecule has 120 valence electrons. The molecule has 2 aromatic rings. The summed E-state index contributed by atoms with van der Waals surface area (Å²) in [6.07, 6.45) is 2.65. The van der Waals surface area contributed by atoms with Gasteiger partial charge in [0, 0.05) is 17.1 Å². The van der Waals surface area contributed by atoms with Gasteiger partial charge in [0.15, 0.2) is 0 Å². The molecule has 1 atom stereocenters. The summed E-state index contributed by atoms with van der Waals surface area (Å²) in [5.74, 6) is -0.801. The first-order valence-corrected chi connectivity index (χ1v) is 7.65. The molecule has 1 saturated heterocycles. The number of aliphatic carboxylic acids is 1. The quantitative estimate of drug-likeness (QED) is 0.929. The summed E-state index contributed by atoms with van der Waals surface area (Å²) in [4.78, 5) is 29.1. The number of hydrogen-bond donors (Lipinski definition) is 1. The minimum Gasteiger partial charge on any atom is -0.480 e. The highest BCUT2D eigenvalue weighted by Gasteiger charge is 2.34. The number of hydrogen-bond acceptors (Lipinski definition) is 4. The lowest BCUT2D eigenvalue weighted by atomic mass is 10.2. The molecule has 0 aliphatic carbocycles.